The van der Waals surface area contributed by atoms with E-state index in [1.807, 2.05) is 0 Å². The molecular weight excluding hydrogens is 276 g/mol. The maximum Gasteiger partial charge on any atom is 0.336 e. The van der Waals surface area contributed by atoms with Gasteiger partial charge in [-0.05, 0) is 30.5 Å². The van der Waals surface area contributed by atoms with Crippen molar-refractivity contribution in [3.05, 3.63) is 45.9 Å². The fourth-order valence-corrected chi connectivity index (χ4v) is 3.06. The van der Waals surface area contributed by atoms with E-state index in [0.717, 1.165) is 12.0 Å². The number of carbonyl (C=O) groups excluding carboxylic acids is 1. The van der Waals surface area contributed by atoms with Crippen LogP contribution in [0.4, 0.5) is 5.69 Å². The summed E-state index contributed by atoms with van der Waals surface area (Å²) in [5.41, 5.74) is 3.34. The number of fused-ring (bicyclic) bond motifs is 1. The van der Waals surface area contributed by atoms with Gasteiger partial charge in [-0.2, -0.15) is 0 Å². The first-order chi connectivity index (χ1) is 9.68. The smallest absolute Gasteiger partial charge is 0.336 e. The first-order valence-corrected chi connectivity index (χ1v) is 7.12. The van der Waals surface area contributed by atoms with Gasteiger partial charge < -0.3 is 10.0 Å². The van der Waals surface area contributed by atoms with Gasteiger partial charge >= 0.3 is 5.97 Å². The highest BCUT2D eigenvalue weighted by Crippen LogP contribution is 2.31. The lowest BCUT2D eigenvalue weighted by Crippen LogP contribution is -2.35. The van der Waals surface area contributed by atoms with Crippen LogP contribution in [0.3, 0.4) is 0 Å². The van der Waals surface area contributed by atoms with Crippen molar-refractivity contribution in [2.24, 2.45) is 0 Å². The second-order valence-corrected chi connectivity index (χ2v) is 5.42. The molecule has 1 amide bonds. The summed E-state index contributed by atoms with van der Waals surface area (Å²) >= 11 is 1.29. The molecule has 20 heavy (non-hydrogen) atoms. The lowest BCUT2D eigenvalue weighted by molar-refractivity contribution is 0.0695. The highest BCUT2D eigenvalue weighted by atomic mass is 32.1. The molecule has 102 valence electrons. The number of anilines is 1. The predicted molar refractivity (Wildman–Crippen MR) is 75.5 cm³/mol. The van der Waals surface area contributed by atoms with Crippen molar-refractivity contribution < 1.29 is 14.7 Å². The van der Waals surface area contributed by atoms with Crippen molar-refractivity contribution in [1.82, 2.24) is 4.98 Å². The fourth-order valence-electron chi connectivity index (χ4n) is 2.49. The minimum absolute atomic E-state index is 0.115. The monoisotopic (exact) mass is 288 g/mol. The van der Waals surface area contributed by atoms with Crippen LogP contribution < -0.4 is 4.90 Å². The molecule has 0 saturated carbocycles. The molecule has 1 aliphatic heterocycles. The molecule has 1 aromatic carbocycles. The quantitative estimate of drug-likeness (QED) is 0.921. The molecule has 3 rings (SSSR count). The van der Waals surface area contributed by atoms with E-state index in [9.17, 15) is 14.7 Å². The minimum Gasteiger partial charge on any atom is -0.478 e. The maximum absolute atomic E-state index is 12.5. The molecule has 0 spiro atoms. The van der Waals surface area contributed by atoms with Crippen LogP contribution in [0, 0.1) is 0 Å². The number of hydrogen-bond donors (Lipinski definition) is 1. The van der Waals surface area contributed by atoms with Gasteiger partial charge in [0.05, 0.1) is 17.3 Å². The molecule has 0 saturated heterocycles. The third-order valence-electron chi connectivity index (χ3n) is 3.37. The Morgan fingerprint density at radius 2 is 2.20 bits per heavy atom. The Bertz CT molecular complexity index is 667. The first-order valence-electron chi connectivity index (χ1n) is 6.24. The van der Waals surface area contributed by atoms with E-state index < -0.39 is 5.97 Å². The number of aromatic nitrogens is 1. The zero-order valence-electron chi connectivity index (χ0n) is 10.6. The van der Waals surface area contributed by atoms with Crippen LogP contribution in [0.25, 0.3) is 0 Å². The Morgan fingerprint density at radius 1 is 1.35 bits per heavy atom. The van der Waals surface area contributed by atoms with Crippen molar-refractivity contribution in [2.75, 3.05) is 11.4 Å². The number of benzene rings is 1. The van der Waals surface area contributed by atoms with E-state index in [1.165, 1.54) is 11.3 Å². The van der Waals surface area contributed by atoms with Crippen LogP contribution >= 0.6 is 11.3 Å². The highest BCUT2D eigenvalue weighted by molar-refractivity contribution is 7.11. The van der Waals surface area contributed by atoms with Gasteiger partial charge in [0.1, 0.15) is 4.88 Å². The number of aromatic carboxylic acids is 1. The van der Waals surface area contributed by atoms with Gasteiger partial charge in [0.25, 0.3) is 5.91 Å². The Hall–Kier alpha value is -2.21. The zero-order valence-corrected chi connectivity index (χ0v) is 11.4. The summed E-state index contributed by atoms with van der Waals surface area (Å²) in [7, 11) is 0. The van der Waals surface area contributed by atoms with Crippen LogP contribution in [0.15, 0.2) is 29.9 Å². The Morgan fingerprint density at radius 3 is 2.90 bits per heavy atom. The van der Waals surface area contributed by atoms with E-state index in [2.05, 4.69) is 4.98 Å². The van der Waals surface area contributed by atoms with Gasteiger partial charge in [0.2, 0.25) is 0 Å². The van der Waals surface area contributed by atoms with Gasteiger partial charge in [-0.15, -0.1) is 11.3 Å². The Labute approximate surface area is 119 Å². The molecule has 5 nitrogen and oxygen atoms in total. The van der Waals surface area contributed by atoms with E-state index in [1.54, 1.807) is 34.8 Å². The molecule has 1 N–H and O–H groups in total. The average Bonchev–Trinajstić information content (AvgIpc) is 2.99. The van der Waals surface area contributed by atoms with Crippen LogP contribution in [-0.2, 0) is 6.42 Å². The van der Waals surface area contributed by atoms with Crippen molar-refractivity contribution >= 4 is 28.9 Å². The standard InChI is InChI=1S/C14H12N2O3S/c17-13(12-7-15-8-20-12)16-6-2-4-9-10(14(18)19)3-1-5-11(9)16/h1,3,5,7-8H,2,4,6H2,(H,18,19). The lowest BCUT2D eigenvalue weighted by Gasteiger charge is -2.29. The van der Waals surface area contributed by atoms with E-state index in [0.29, 0.717) is 23.5 Å². The average molecular weight is 288 g/mol. The van der Waals surface area contributed by atoms with Crippen molar-refractivity contribution in [3.8, 4) is 0 Å². The predicted octanol–water partition coefficient (Wildman–Crippen LogP) is 2.43. The molecule has 0 unspecified atom stereocenters. The summed E-state index contributed by atoms with van der Waals surface area (Å²) in [4.78, 5) is 29.9. The molecule has 2 aromatic rings. The molecule has 1 aliphatic rings. The molecule has 1 aromatic heterocycles. The van der Waals surface area contributed by atoms with Gasteiger partial charge in [0.15, 0.2) is 0 Å². The number of carboxylic acid groups (broad SMARTS) is 1. The normalized spacial score (nSPS) is 13.9. The first kappa shape index (κ1) is 12.8. The maximum atomic E-state index is 12.5. The van der Waals surface area contributed by atoms with Crippen LogP contribution in [0.2, 0.25) is 0 Å². The SMILES string of the molecule is O=C(O)c1cccc2c1CCCN2C(=O)c1cncs1. The third-order valence-corrected chi connectivity index (χ3v) is 4.13. The van der Waals surface area contributed by atoms with Gasteiger partial charge in [0, 0.05) is 12.2 Å². The summed E-state index contributed by atoms with van der Waals surface area (Å²) in [6.07, 6.45) is 2.99. The highest BCUT2D eigenvalue weighted by Gasteiger charge is 2.27. The second kappa shape index (κ2) is 5.05. The van der Waals surface area contributed by atoms with E-state index >= 15 is 0 Å². The van der Waals surface area contributed by atoms with Gasteiger partial charge in [-0.3, -0.25) is 9.78 Å². The number of thiazole rings is 1. The third kappa shape index (κ3) is 2.08. The topological polar surface area (TPSA) is 70.5 Å². The Balaban J connectivity index is 2.05. The van der Waals surface area contributed by atoms with Gasteiger partial charge in [-0.25, -0.2) is 4.79 Å². The van der Waals surface area contributed by atoms with Crippen molar-refractivity contribution in [3.63, 3.8) is 0 Å². The van der Waals surface area contributed by atoms with Crippen molar-refractivity contribution in [1.29, 1.82) is 0 Å². The number of hydrogen-bond acceptors (Lipinski definition) is 4. The number of carbonyl (C=O) groups is 2. The zero-order chi connectivity index (χ0) is 14.1. The molecule has 0 aliphatic carbocycles. The van der Waals surface area contributed by atoms with Crippen LogP contribution in [0.5, 0.6) is 0 Å². The minimum atomic E-state index is -0.950. The molecule has 0 atom stereocenters. The largest absolute Gasteiger partial charge is 0.478 e. The molecule has 2 heterocycles. The van der Waals surface area contributed by atoms with E-state index in [4.69, 9.17) is 0 Å². The summed E-state index contributed by atoms with van der Waals surface area (Å²) in [5, 5.41) is 9.24. The summed E-state index contributed by atoms with van der Waals surface area (Å²) in [6, 6.07) is 5.07. The lowest BCUT2D eigenvalue weighted by atomic mass is 9.96. The fraction of sp³-hybridized carbons (Fsp3) is 0.214. The summed E-state index contributed by atoms with van der Waals surface area (Å²) in [6.45, 7) is 0.604. The molecule has 0 fully saturated rings. The molecule has 0 bridgehead atoms. The number of rotatable bonds is 2. The summed E-state index contributed by atoms with van der Waals surface area (Å²) in [5.74, 6) is -1.06. The van der Waals surface area contributed by atoms with Gasteiger partial charge in [-0.1, -0.05) is 6.07 Å². The van der Waals surface area contributed by atoms with Crippen molar-refractivity contribution in [2.45, 2.75) is 12.8 Å². The molecule has 6 heteroatoms. The van der Waals surface area contributed by atoms with Crippen LogP contribution in [0.1, 0.15) is 32.0 Å². The van der Waals surface area contributed by atoms with E-state index in [-0.39, 0.29) is 11.5 Å². The number of nitrogens with zero attached hydrogens (tertiary/aromatic N) is 2. The molecule has 0 radical (unpaired) electrons. The second-order valence-electron chi connectivity index (χ2n) is 4.53. The molecular formula is C14H12N2O3S. The summed E-state index contributed by atoms with van der Waals surface area (Å²) < 4.78 is 0. The number of carboxylic acids is 1. The number of amides is 1. The Kier molecular flexibility index (Phi) is 3.23. The van der Waals surface area contributed by atoms with Crippen LogP contribution in [-0.4, -0.2) is 28.5 Å².